The molecule has 1 N–H and O–H groups in total. The summed E-state index contributed by atoms with van der Waals surface area (Å²) >= 11 is 1.71. The minimum atomic E-state index is -0.714. The number of nitrogens with one attached hydrogen (secondary N) is 1. The zero-order chi connectivity index (χ0) is 20.2. The van der Waals surface area contributed by atoms with Crippen molar-refractivity contribution in [1.82, 2.24) is 10.2 Å². The summed E-state index contributed by atoms with van der Waals surface area (Å²) in [5.41, 5.74) is 0.693. The van der Waals surface area contributed by atoms with Crippen molar-refractivity contribution < 1.29 is 18.8 Å². The summed E-state index contributed by atoms with van der Waals surface area (Å²) in [5.74, 6) is -0.904. The van der Waals surface area contributed by atoms with Crippen LogP contribution in [0.15, 0.2) is 57.5 Å². The Kier molecular flexibility index (Phi) is 5.85. The van der Waals surface area contributed by atoms with Gasteiger partial charge in [0, 0.05) is 5.25 Å². The van der Waals surface area contributed by atoms with Crippen LogP contribution in [0.2, 0.25) is 0 Å². The molecule has 0 radical (unpaired) electrons. The van der Waals surface area contributed by atoms with Crippen LogP contribution in [0, 0.1) is 0 Å². The number of carbonyl (C=O) groups excluding carboxylic acids is 3. The molecule has 0 atom stereocenters. The summed E-state index contributed by atoms with van der Waals surface area (Å²) in [6.45, 7) is 0.0943. The topological polar surface area (TPSA) is 79.6 Å². The molecule has 2 aliphatic rings. The Balaban J connectivity index is 1.50. The van der Waals surface area contributed by atoms with E-state index in [-0.39, 0.29) is 12.1 Å². The van der Waals surface area contributed by atoms with Crippen molar-refractivity contribution in [2.45, 2.75) is 49.0 Å². The van der Waals surface area contributed by atoms with Crippen LogP contribution in [0.5, 0.6) is 0 Å². The number of imide groups is 2. The van der Waals surface area contributed by atoms with E-state index < -0.39 is 17.8 Å². The third-order valence-electron chi connectivity index (χ3n) is 5.09. The number of urea groups is 1. The van der Waals surface area contributed by atoms with Gasteiger partial charge in [0.25, 0.3) is 11.8 Å². The van der Waals surface area contributed by atoms with Crippen LogP contribution in [0.3, 0.4) is 0 Å². The number of nitrogens with zero attached hydrogens (tertiary/aromatic N) is 1. The Morgan fingerprint density at radius 3 is 2.55 bits per heavy atom. The molecular formula is C22H22N2O4S. The second kappa shape index (κ2) is 8.69. The summed E-state index contributed by atoms with van der Waals surface area (Å²) in [6.07, 6.45) is 7.55. The number of rotatable bonds is 5. The highest BCUT2D eigenvalue weighted by molar-refractivity contribution is 7.99. The van der Waals surface area contributed by atoms with Gasteiger partial charge in [-0.15, -0.1) is 0 Å². The number of amides is 4. The molecule has 1 aliphatic heterocycles. The fraction of sp³-hybridized carbons (Fsp3) is 0.318. The normalized spacial score (nSPS) is 19.7. The fourth-order valence-electron chi connectivity index (χ4n) is 3.57. The molecule has 1 aliphatic carbocycles. The number of carbonyl (C=O) groups is 3. The predicted molar refractivity (Wildman–Crippen MR) is 110 cm³/mol. The molecule has 2 fully saturated rings. The zero-order valence-corrected chi connectivity index (χ0v) is 16.7. The van der Waals surface area contributed by atoms with Gasteiger partial charge in [0.05, 0.1) is 6.54 Å². The second-order valence-electron chi connectivity index (χ2n) is 7.23. The van der Waals surface area contributed by atoms with Gasteiger partial charge < -0.3 is 4.42 Å². The van der Waals surface area contributed by atoms with Crippen LogP contribution in [0.4, 0.5) is 4.79 Å². The van der Waals surface area contributed by atoms with Crippen molar-refractivity contribution >= 4 is 35.7 Å². The van der Waals surface area contributed by atoms with Crippen molar-refractivity contribution in [2.75, 3.05) is 0 Å². The van der Waals surface area contributed by atoms with Gasteiger partial charge in [0.2, 0.25) is 0 Å². The molecule has 1 saturated carbocycles. The maximum absolute atomic E-state index is 12.8. The molecule has 1 aromatic carbocycles. The Morgan fingerprint density at radius 2 is 1.79 bits per heavy atom. The summed E-state index contributed by atoms with van der Waals surface area (Å²) in [6, 6.07) is 12.1. The van der Waals surface area contributed by atoms with E-state index in [0.717, 1.165) is 15.6 Å². The summed E-state index contributed by atoms with van der Waals surface area (Å²) < 4.78 is 5.82. The highest BCUT2D eigenvalue weighted by atomic mass is 32.2. The third kappa shape index (κ3) is 4.62. The number of hydrogen-bond acceptors (Lipinski definition) is 5. The lowest BCUT2D eigenvalue weighted by Gasteiger charge is -2.26. The van der Waals surface area contributed by atoms with Gasteiger partial charge >= 0.3 is 6.03 Å². The largest absolute Gasteiger partial charge is 0.450 e. The molecule has 150 valence electrons. The number of benzene rings is 1. The van der Waals surface area contributed by atoms with Crippen LogP contribution in [0.25, 0.3) is 6.08 Å². The number of barbiturate groups is 1. The Hall–Kier alpha value is -2.80. The van der Waals surface area contributed by atoms with Gasteiger partial charge in [-0.2, -0.15) is 0 Å². The molecule has 6 nitrogen and oxygen atoms in total. The van der Waals surface area contributed by atoms with Crippen molar-refractivity contribution in [3.63, 3.8) is 0 Å². The minimum Gasteiger partial charge on any atom is -0.450 e. The maximum atomic E-state index is 12.8. The molecule has 2 aromatic rings. The average molecular weight is 410 g/mol. The van der Waals surface area contributed by atoms with Gasteiger partial charge in [-0.25, -0.2) is 4.79 Å². The van der Waals surface area contributed by atoms with E-state index >= 15 is 0 Å². The predicted octanol–water partition coefficient (Wildman–Crippen LogP) is 4.37. The second-order valence-corrected chi connectivity index (χ2v) is 8.53. The van der Waals surface area contributed by atoms with Crippen LogP contribution < -0.4 is 5.32 Å². The molecule has 1 saturated heterocycles. The SMILES string of the molecule is O=C1NC(=O)N(Cc2ccccc2)C(=O)/C1=C\c1ccc(SC2CCCCC2)o1. The van der Waals surface area contributed by atoms with Crippen LogP contribution in [-0.4, -0.2) is 28.0 Å². The van der Waals surface area contributed by atoms with Gasteiger partial charge in [-0.1, -0.05) is 61.4 Å². The van der Waals surface area contributed by atoms with E-state index in [0.29, 0.717) is 11.0 Å². The van der Waals surface area contributed by atoms with Crippen molar-refractivity contribution in [3.8, 4) is 0 Å². The van der Waals surface area contributed by atoms with E-state index in [2.05, 4.69) is 5.32 Å². The number of furan rings is 1. The number of thioether (sulfide) groups is 1. The lowest BCUT2D eigenvalue weighted by atomic mass is 10.0. The molecule has 2 heterocycles. The average Bonchev–Trinajstić information content (AvgIpc) is 3.17. The minimum absolute atomic E-state index is 0.0943. The summed E-state index contributed by atoms with van der Waals surface area (Å²) in [7, 11) is 0. The number of hydrogen-bond donors (Lipinski definition) is 1. The first-order valence-corrected chi connectivity index (χ1v) is 10.7. The smallest absolute Gasteiger partial charge is 0.331 e. The first-order chi connectivity index (χ1) is 14.1. The fourth-order valence-corrected chi connectivity index (χ4v) is 4.76. The molecule has 0 bridgehead atoms. The van der Waals surface area contributed by atoms with E-state index in [1.807, 2.05) is 36.4 Å². The molecule has 7 heteroatoms. The van der Waals surface area contributed by atoms with Gasteiger partial charge in [0.15, 0.2) is 5.09 Å². The molecular weight excluding hydrogens is 388 g/mol. The maximum Gasteiger partial charge on any atom is 0.331 e. The van der Waals surface area contributed by atoms with Crippen molar-refractivity contribution in [2.24, 2.45) is 0 Å². The molecule has 4 amide bonds. The Morgan fingerprint density at radius 1 is 1.03 bits per heavy atom. The van der Waals surface area contributed by atoms with Gasteiger partial charge in [-0.3, -0.25) is 19.8 Å². The molecule has 4 rings (SSSR count). The van der Waals surface area contributed by atoms with Crippen molar-refractivity contribution in [1.29, 1.82) is 0 Å². The molecule has 1 aromatic heterocycles. The van der Waals surface area contributed by atoms with Gasteiger partial charge in [-0.05, 0) is 36.6 Å². The van der Waals surface area contributed by atoms with E-state index in [9.17, 15) is 14.4 Å². The van der Waals surface area contributed by atoms with Crippen LogP contribution in [-0.2, 0) is 16.1 Å². The Bertz CT molecular complexity index is 945. The molecule has 0 spiro atoms. The first kappa shape index (κ1) is 19.5. The van der Waals surface area contributed by atoms with Gasteiger partial charge in [0.1, 0.15) is 11.3 Å². The molecule has 0 unspecified atom stereocenters. The lowest BCUT2D eigenvalue weighted by Crippen LogP contribution is -2.53. The van der Waals surface area contributed by atoms with Crippen LogP contribution >= 0.6 is 11.8 Å². The highest BCUT2D eigenvalue weighted by Gasteiger charge is 2.36. The van der Waals surface area contributed by atoms with E-state index in [1.54, 1.807) is 17.8 Å². The monoisotopic (exact) mass is 410 g/mol. The standard InChI is InChI=1S/C22H22N2O4S/c25-20-18(13-16-11-12-19(28-16)29-17-9-5-2-6-10-17)21(26)24(22(27)23-20)14-15-7-3-1-4-8-15/h1,3-4,7-8,11-13,17H,2,5-6,9-10,14H2,(H,23,25,27)/b18-13-. The quantitative estimate of drug-likeness (QED) is 0.585. The summed E-state index contributed by atoms with van der Waals surface area (Å²) in [4.78, 5) is 38.2. The van der Waals surface area contributed by atoms with Crippen LogP contribution in [0.1, 0.15) is 43.4 Å². The molecule has 29 heavy (non-hydrogen) atoms. The lowest BCUT2D eigenvalue weighted by molar-refractivity contribution is -0.130. The van der Waals surface area contributed by atoms with Crippen molar-refractivity contribution in [3.05, 3.63) is 59.4 Å². The third-order valence-corrected chi connectivity index (χ3v) is 6.35. The first-order valence-electron chi connectivity index (χ1n) is 9.79. The van der Waals surface area contributed by atoms with E-state index in [1.165, 1.54) is 38.2 Å². The zero-order valence-electron chi connectivity index (χ0n) is 15.9. The van der Waals surface area contributed by atoms with E-state index in [4.69, 9.17) is 4.42 Å². The summed E-state index contributed by atoms with van der Waals surface area (Å²) in [5, 5.41) is 3.57. The highest BCUT2D eigenvalue weighted by Crippen LogP contribution is 2.34. The Labute approximate surface area is 173 Å².